The molecule has 124 valence electrons. The third kappa shape index (κ3) is 3.99. The number of nitrogens with one attached hydrogen (secondary N) is 1. The van der Waals surface area contributed by atoms with E-state index in [0.29, 0.717) is 12.8 Å². The number of terminal acetylenes is 1. The molecule has 0 spiro atoms. The molecule has 0 aliphatic carbocycles. The summed E-state index contributed by atoms with van der Waals surface area (Å²) in [4.78, 5) is 11.8. The molecule has 2 rings (SSSR count). The second kappa shape index (κ2) is 7.54. The van der Waals surface area contributed by atoms with E-state index in [2.05, 4.69) is 11.2 Å². The van der Waals surface area contributed by atoms with Crippen molar-refractivity contribution in [3.05, 3.63) is 28.2 Å². The average molecular weight is 375 g/mol. The zero-order valence-corrected chi connectivity index (χ0v) is 14.6. The summed E-state index contributed by atoms with van der Waals surface area (Å²) in [5.74, 6) is 1.95. The van der Waals surface area contributed by atoms with E-state index >= 15 is 0 Å². The molecule has 1 saturated heterocycles. The Hall–Kier alpha value is -1.26. The fourth-order valence-electron chi connectivity index (χ4n) is 2.50. The number of sulfonamides is 1. The van der Waals surface area contributed by atoms with E-state index in [1.807, 2.05) is 0 Å². The molecule has 1 aromatic carbocycles. The van der Waals surface area contributed by atoms with Crippen LogP contribution < -0.4 is 5.32 Å². The summed E-state index contributed by atoms with van der Waals surface area (Å²) in [5.41, 5.74) is 0. The molecule has 1 heterocycles. The van der Waals surface area contributed by atoms with E-state index in [9.17, 15) is 13.2 Å². The van der Waals surface area contributed by atoms with Crippen LogP contribution in [0.3, 0.4) is 0 Å². The Labute approximate surface area is 146 Å². The summed E-state index contributed by atoms with van der Waals surface area (Å²) in [5, 5.41) is 2.80. The molecule has 1 aliphatic heterocycles. The molecular weight excluding hydrogens is 359 g/mol. The number of benzene rings is 1. The highest BCUT2D eigenvalue weighted by Gasteiger charge is 2.34. The van der Waals surface area contributed by atoms with Gasteiger partial charge in [-0.15, -0.1) is 6.42 Å². The van der Waals surface area contributed by atoms with E-state index in [4.69, 9.17) is 29.6 Å². The van der Waals surface area contributed by atoms with Crippen molar-refractivity contribution < 1.29 is 13.2 Å². The lowest BCUT2D eigenvalue weighted by Crippen LogP contribution is -2.43. The van der Waals surface area contributed by atoms with Crippen molar-refractivity contribution in [2.75, 3.05) is 19.6 Å². The van der Waals surface area contributed by atoms with Gasteiger partial charge in [0.15, 0.2) is 0 Å². The van der Waals surface area contributed by atoms with E-state index in [0.717, 1.165) is 0 Å². The molecule has 0 aromatic heterocycles. The molecule has 1 N–H and O–H groups in total. The number of halogens is 2. The lowest BCUT2D eigenvalue weighted by atomic mass is 9.97. The van der Waals surface area contributed by atoms with Gasteiger partial charge in [0.2, 0.25) is 15.9 Å². The van der Waals surface area contributed by atoms with E-state index in [-0.39, 0.29) is 46.4 Å². The number of carbonyl (C=O) groups is 1. The van der Waals surface area contributed by atoms with Crippen LogP contribution in [-0.4, -0.2) is 38.3 Å². The number of rotatable bonds is 4. The van der Waals surface area contributed by atoms with Crippen LogP contribution in [0.4, 0.5) is 0 Å². The van der Waals surface area contributed by atoms with Crippen molar-refractivity contribution in [1.29, 1.82) is 0 Å². The molecule has 1 fully saturated rings. The van der Waals surface area contributed by atoms with Crippen LogP contribution in [0.25, 0.3) is 0 Å². The summed E-state index contributed by atoms with van der Waals surface area (Å²) in [6.45, 7) is 0.641. The van der Waals surface area contributed by atoms with Gasteiger partial charge in [-0.1, -0.05) is 35.2 Å². The standard InChI is InChI=1S/C15H16Cl2N2O3S/c1-2-8-18-15(20)11-6-9-19(10-7-11)23(21,22)14-12(16)4-3-5-13(14)17/h1,3-5,11H,6-10H2,(H,18,20). The van der Waals surface area contributed by atoms with E-state index < -0.39 is 10.0 Å². The fourth-order valence-corrected chi connectivity index (χ4v) is 5.06. The Balaban J connectivity index is 2.10. The Kier molecular flexibility index (Phi) is 5.93. The monoisotopic (exact) mass is 374 g/mol. The van der Waals surface area contributed by atoms with Crippen LogP contribution in [0, 0.1) is 18.3 Å². The van der Waals surface area contributed by atoms with Crippen LogP contribution in [0.5, 0.6) is 0 Å². The van der Waals surface area contributed by atoms with Gasteiger partial charge < -0.3 is 5.32 Å². The highest BCUT2D eigenvalue weighted by molar-refractivity contribution is 7.89. The van der Waals surface area contributed by atoms with Crippen LogP contribution in [-0.2, 0) is 14.8 Å². The minimum Gasteiger partial charge on any atom is -0.345 e. The fraction of sp³-hybridized carbons (Fsp3) is 0.400. The molecule has 0 bridgehead atoms. The summed E-state index contributed by atoms with van der Waals surface area (Å²) >= 11 is 12.0. The predicted octanol–water partition coefficient (Wildman–Crippen LogP) is 2.14. The number of hydrogen-bond donors (Lipinski definition) is 1. The topological polar surface area (TPSA) is 66.5 Å². The smallest absolute Gasteiger partial charge is 0.246 e. The first-order valence-electron chi connectivity index (χ1n) is 7.03. The van der Waals surface area contributed by atoms with Crippen molar-refractivity contribution in [3.8, 4) is 12.3 Å². The van der Waals surface area contributed by atoms with Gasteiger partial charge >= 0.3 is 0 Å². The van der Waals surface area contributed by atoms with E-state index in [1.165, 1.54) is 16.4 Å². The van der Waals surface area contributed by atoms with Gasteiger partial charge in [0, 0.05) is 19.0 Å². The first kappa shape index (κ1) is 18.1. The van der Waals surface area contributed by atoms with Gasteiger partial charge in [0.1, 0.15) is 4.90 Å². The van der Waals surface area contributed by atoms with Crippen molar-refractivity contribution in [2.45, 2.75) is 17.7 Å². The molecule has 0 radical (unpaired) electrons. The van der Waals surface area contributed by atoms with Gasteiger partial charge in [0.25, 0.3) is 0 Å². The molecule has 1 aromatic rings. The van der Waals surface area contributed by atoms with Crippen molar-refractivity contribution in [3.63, 3.8) is 0 Å². The number of nitrogens with zero attached hydrogens (tertiary/aromatic N) is 1. The highest BCUT2D eigenvalue weighted by Crippen LogP contribution is 2.33. The molecule has 23 heavy (non-hydrogen) atoms. The molecule has 0 unspecified atom stereocenters. The molecule has 5 nitrogen and oxygen atoms in total. The lowest BCUT2D eigenvalue weighted by Gasteiger charge is -2.30. The zero-order chi connectivity index (χ0) is 17.0. The van der Waals surface area contributed by atoms with Gasteiger partial charge in [-0.3, -0.25) is 4.79 Å². The van der Waals surface area contributed by atoms with Gasteiger partial charge in [-0.25, -0.2) is 8.42 Å². The summed E-state index contributed by atoms with van der Waals surface area (Å²) in [6, 6.07) is 4.56. The van der Waals surface area contributed by atoms with Crippen LogP contribution in [0.1, 0.15) is 12.8 Å². The Morgan fingerprint density at radius 3 is 2.39 bits per heavy atom. The average Bonchev–Trinajstić information content (AvgIpc) is 2.52. The minimum atomic E-state index is -3.78. The Morgan fingerprint density at radius 1 is 1.30 bits per heavy atom. The maximum absolute atomic E-state index is 12.7. The summed E-state index contributed by atoms with van der Waals surface area (Å²) in [6.07, 6.45) is 5.96. The molecule has 1 aliphatic rings. The van der Waals surface area contributed by atoms with Crippen molar-refractivity contribution >= 4 is 39.1 Å². The highest BCUT2D eigenvalue weighted by atomic mass is 35.5. The van der Waals surface area contributed by atoms with Crippen LogP contribution in [0.2, 0.25) is 10.0 Å². The zero-order valence-electron chi connectivity index (χ0n) is 12.3. The van der Waals surface area contributed by atoms with E-state index in [1.54, 1.807) is 6.07 Å². The first-order valence-corrected chi connectivity index (χ1v) is 9.23. The first-order chi connectivity index (χ1) is 10.9. The Morgan fingerprint density at radius 2 is 1.87 bits per heavy atom. The minimum absolute atomic E-state index is 0.0847. The molecule has 0 saturated carbocycles. The van der Waals surface area contributed by atoms with Crippen molar-refractivity contribution in [2.24, 2.45) is 5.92 Å². The van der Waals surface area contributed by atoms with Crippen molar-refractivity contribution in [1.82, 2.24) is 9.62 Å². The number of hydrogen-bond acceptors (Lipinski definition) is 3. The summed E-state index contributed by atoms with van der Waals surface area (Å²) in [7, 11) is -3.78. The molecule has 8 heteroatoms. The number of carbonyl (C=O) groups excluding carboxylic acids is 1. The predicted molar refractivity (Wildman–Crippen MR) is 89.8 cm³/mol. The third-order valence-corrected chi connectivity index (χ3v) is 6.56. The normalized spacial score (nSPS) is 16.7. The maximum Gasteiger partial charge on any atom is 0.246 e. The van der Waals surface area contributed by atoms with Gasteiger partial charge in [-0.05, 0) is 25.0 Å². The maximum atomic E-state index is 12.7. The quantitative estimate of drug-likeness (QED) is 0.821. The van der Waals surface area contributed by atoms with Gasteiger partial charge in [0.05, 0.1) is 16.6 Å². The second-order valence-electron chi connectivity index (χ2n) is 5.15. The SMILES string of the molecule is C#CCNC(=O)C1CCN(S(=O)(=O)c2c(Cl)cccc2Cl)CC1. The third-order valence-electron chi connectivity index (χ3n) is 3.71. The summed E-state index contributed by atoms with van der Waals surface area (Å²) < 4.78 is 26.7. The van der Waals surface area contributed by atoms with Gasteiger partial charge in [-0.2, -0.15) is 4.31 Å². The number of piperidine rings is 1. The largest absolute Gasteiger partial charge is 0.345 e. The Bertz CT molecular complexity index is 715. The molecular formula is C15H16Cl2N2O3S. The van der Waals surface area contributed by atoms with Crippen LogP contribution in [0.15, 0.2) is 23.1 Å². The molecule has 1 amide bonds. The number of amides is 1. The molecule has 0 atom stereocenters. The van der Waals surface area contributed by atoms with Crippen LogP contribution >= 0.6 is 23.2 Å². The lowest BCUT2D eigenvalue weighted by molar-refractivity contribution is -0.125. The second-order valence-corrected chi connectivity index (χ2v) is 7.84.